The minimum atomic E-state index is -3.98. The predicted octanol–water partition coefficient (Wildman–Crippen LogP) is 2.87. The van der Waals surface area contributed by atoms with Crippen LogP contribution in [0, 0.1) is 0 Å². The lowest BCUT2D eigenvalue weighted by atomic mass is 10.2. The van der Waals surface area contributed by atoms with Gasteiger partial charge >= 0.3 is 22.7 Å². The monoisotopic (exact) mass is 560 g/mol. The molecule has 15 heteroatoms. The Kier molecular flexibility index (Phi) is 7.18. The average molecular weight is 561 g/mol. The zero-order chi connectivity index (χ0) is 27.7. The summed E-state index contributed by atoms with van der Waals surface area (Å²) in [5.41, 5.74) is 1.77. The van der Waals surface area contributed by atoms with E-state index >= 15 is 0 Å². The Bertz CT molecular complexity index is 1570. The lowest BCUT2D eigenvalue weighted by molar-refractivity contribution is 0.116. The molecule has 1 aromatic carbocycles. The van der Waals surface area contributed by atoms with Gasteiger partial charge in [0.05, 0.1) is 17.9 Å². The summed E-state index contributed by atoms with van der Waals surface area (Å²) in [6.07, 6.45) is 0.460. The number of nitrogens with zero attached hydrogens (tertiary/aromatic N) is 8. The third-order valence-electron chi connectivity index (χ3n) is 6.23. The minimum Gasteiger partial charge on any atom is -0.415 e. The van der Waals surface area contributed by atoms with E-state index in [1.165, 1.54) is 13.5 Å². The second-order valence-corrected chi connectivity index (χ2v) is 10.9. The third kappa shape index (κ3) is 5.40. The number of carbonyl (C=O) groups is 1. The van der Waals surface area contributed by atoms with E-state index in [0.29, 0.717) is 22.6 Å². The topological polar surface area (TPSA) is 120 Å². The van der Waals surface area contributed by atoms with Gasteiger partial charge in [0.2, 0.25) is 5.89 Å². The molecule has 1 fully saturated rings. The van der Waals surface area contributed by atoms with Gasteiger partial charge in [-0.15, -0.1) is 10.2 Å². The predicted molar refractivity (Wildman–Crippen MR) is 137 cm³/mol. The molecule has 0 N–H and O–H groups in total. The van der Waals surface area contributed by atoms with E-state index in [2.05, 4.69) is 15.2 Å². The van der Waals surface area contributed by atoms with Gasteiger partial charge in [0.25, 0.3) is 5.89 Å². The molecule has 0 atom stereocenters. The van der Waals surface area contributed by atoms with Gasteiger partial charge in [-0.05, 0) is 24.3 Å². The Morgan fingerprint density at radius 2 is 1.79 bits per heavy atom. The first kappa shape index (κ1) is 26.5. The SMILES string of the molecule is CN(C)C(=O)N1CCN(S(=O)(=O)N(Cc2cn3ccc(-c4nnc(C(F)F)o4)cc3n2)c2ccccc2)CC1. The van der Waals surface area contributed by atoms with E-state index in [1.807, 2.05) is 0 Å². The summed E-state index contributed by atoms with van der Waals surface area (Å²) < 4.78 is 62.7. The Labute approximate surface area is 223 Å². The second-order valence-electron chi connectivity index (χ2n) is 9.07. The molecule has 4 aromatic rings. The van der Waals surface area contributed by atoms with Crippen molar-refractivity contribution in [2.75, 3.05) is 44.6 Å². The van der Waals surface area contributed by atoms with E-state index in [1.54, 1.807) is 78.3 Å². The van der Waals surface area contributed by atoms with Gasteiger partial charge in [-0.1, -0.05) is 18.2 Å². The Morgan fingerprint density at radius 1 is 1.08 bits per heavy atom. The maximum Gasteiger partial charge on any atom is 0.319 e. The number of imidazole rings is 1. The number of aromatic nitrogens is 4. The highest BCUT2D eigenvalue weighted by Crippen LogP contribution is 2.26. The van der Waals surface area contributed by atoms with Crippen molar-refractivity contribution >= 4 is 27.6 Å². The van der Waals surface area contributed by atoms with Crippen LogP contribution in [0.3, 0.4) is 0 Å². The lowest BCUT2D eigenvalue weighted by Gasteiger charge is -2.37. The van der Waals surface area contributed by atoms with Crippen LogP contribution in [0.15, 0.2) is 59.3 Å². The maximum absolute atomic E-state index is 13.8. The zero-order valence-corrected chi connectivity index (χ0v) is 22.0. The van der Waals surface area contributed by atoms with Crippen LogP contribution in [0.2, 0.25) is 0 Å². The fourth-order valence-electron chi connectivity index (χ4n) is 4.26. The van der Waals surface area contributed by atoms with Crippen LogP contribution < -0.4 is 4.31 Å². The molecule has 1 aliphatic heterocycles. The number of anilines is 1. The van der Waals surface area contributed by atoms with Crippen molar-refractivity contribution < 1.29 is 26.4 Å². The van der Waals surface area contributed by atoms with Crippen LogP contribution >= 0.6 is 0 Å². The lowest BCUT2D eigenvalue weighted by Crippen LogP contribution is -2.55. The number of alkyl halides is 2. The summed E-state index contributed by atoms with van der Waals surface area (Å²) in [7, 11) is -0.666. The number of hydrogen-bond donors (Lipinski definition) is 0. The molecule has 3 aromatic heterocycles. The van der Waals surface area contributed by atoms with Crippen molar-refractivity contribution in [3.63, 3.8) is 0 Å². The van der Waals surface area contributed by atoms with Crippen LogP contribution in [-0.4, -0.2) is 88.4 Å². The largest absolute Gasteiger partial charge is 0.415 e. The molecule has 5 rings (SSSR count). The van der Waals surface area contributed by atoms with Gasteiger partial charge in [0.1, 0.15) is 5.65 Å². The van der Waals surface area contributed by atoms with Crippen LogP contribution in [0.1, 0.15) is 18.0 Å². The fraction of sp³-hybridized carbons (Fsp3) is 0.333. The molecule has 206 valence electrons. The quantitative estimate of drug-likeness (QED) is 0.341. The van der Waals surface area contributed by atoms with Crippen molar-refractivity contribution in [1.29, 1.82) is 0 Å². The van der Waals surface area contributed by atoms with Crippen molar-refractivity contribution in [3.8, 4) is 11.5 Å². The maximum atomic E-state index is 13.8. The molecule has 12 nitrogen and oxygen atoms in total. The number of halogens is 2. The number of carbonyl (C=O) groups excluding carboxylic acids is 1. The molecular formula is C24H26F2N8O4S. The molecule has 0 unspecified atom stereocenters. The molecule has 0 saturated carbocycles. The highest BCUT2D eigenvalue weighted by Gasteiger charge is 2.34. The Hall–Kier alpha value is -4.11. The first-order chi connectivity index (χ1) is 18.6. The number of benzene rings is 1. The van der Waals surface area contributed by atoms with Crippen LogP contribution in [-0.2, 0) is 16.8 Å². The number of fused-ring (bicyclic) bond motifs is 1. The van der Waals surface area contributed by atoms with E-state index in [9.17, 15) is 22.0 Å². The van der Waals surface area contributed by atoms with Crippen molar-refractivity contribution in [1.82, 2.24) is 33.7 Å². The third-order valence-corrected chi connectivity index (χ3v) is 8.15. The van der Waals surface area contributed by atoms with E-state index in [4.69, 9.17) is 4.42 Å². The van der Waals surface area contributed by atoms with Crippen LogP contribution in [0.4, 0.5) is 19.3 Å². The van der Waals surface area contributed by atoms with E-state index in [0.717, 1.165) is 0 Å². The molecule has 2 amide bonds. The summed E-state index contributed by atoms with van der Waals surface area (Å²) in [5.74, 6) is -0.845. The summed E-state index contributed by atoms with van der Waals surface area (Å²) in [6.45, 7) is 0.809. The van der Waals surface area contributed by atoms with Gasteiger partial charge in [-0.2, -0.15) is 21.5 Å². The molecule has 0 radical (unpaired) electrons. The number of pyridine rings is 1. The fourth-order valence-corrected chi connectivity index (χ4v) is 5.85. The first-order valence-corrected chi connectivity index (χ1v) is 13.4. The number of urea groups is 1. The normalized spacial score (nSPS) is 14.7. The number of hydrogen-bond acceptors (Lipinski definition) is 7. The molecular weight excluding hydrogens is 534 g/mol. The number of amides is 2. The standard InChI is InChI=1S/C24H26F2N8O4S/c1-30(2)24(35)31-10-12-33(13-11-31)39(36,37)34(19-6-4-3-5-7-19)16-18-15-32-9-8-17(14-20(32)27-18)22-28-29-23(38-22)21(25)26/h3-9,14-15,21H,10-13,16H2,1-2H3. The number of para-hydroxylation sites is 1. The molecule has 0 bridgehead atoms. The molecule has 4 heterocycles. The van der Waals surface area contributed by atoms with Gasteiger partial charge in [-0.25, -0.2) is 9.78 Å². The highest BCUT2D eigenvalue weighted by atomic mass is 32.2. The van der Waals surface area contributed by atoms with Gasteiger partial charge < -0.3 is 18.6 Å². The first-order valence-electron chi connectivity index (χ1n) is 12.0. The number of rotatable bonds is 7. The van der Waals surface area contributed by atoms with Gasteiger partial charge in [-0.3, -0.25) is 4.31 Å². The Balaban J connectivity index is 1.41. The molecule has 0 aliphatic carbocycles. The molecule has 0 spiro atoms. The zero-order valence-electron chi connectivity index (χ0n) is 21.2. The second kappa shape index (κ2) is 10.6. The molecule has 1 aliphatic rings. The van der Waals surface area contributed by atoms with Crippen molar-refractivity contribution in [2.24, 2.45) is 0 Å². The molecule has 1 saturated heterocycles. The summed E-state index contributed by atoms with van der Waals surface area (Å²) in [4.78, 5) is 19.9. The van der Waals surface area contributed by atoms with Gasteiger partial charge in [0, 0.05) is 58.2 Å². The minimum absolute atomic E-state index is 0.0592. The van der Waals surface area contributed by atoms with E-state index < -0.39 is 22.5 Å². The van der Waals surface area contributed by atoms with Crippen LogP contribution in [0.5, 0.6) is 0 Å². The summed E-state index contributed by atoms with van der Waals surface area (Å²) >= 11 is 0. The van der Waals surface area contributed by atoms with Crippen LogP contribution in [0.25, 0.3) is 17.1 Å². The Morgan fingerprint density at radius 3 is 2.44 bits per heavy atom. The highest BCUT2D eigenvalue weighted by molar-refractivity contribution is 7.90. The smallest absolute Gasteiger partial charge is 0.319 e. The number of piperazine rings is 1. The van der Waals surface area contributed by atoms with Crippen molar-refractivity contribution in [3.05, 3.63) is 66.4 Å². The summed E-state index contributed by atoms with van der Waals surface area (Å²) in [5, 5.41) is 7.01. The average Bonchev–Trinajstić information content (AvgIpc) is 3.59. The van der Waals surface area contributed by atoms with Crippen molar-refractivity contribution in [2.45, 2.75) is 13.0 Å². The van der Waals surface area contributed by atoms with Gasteiger partial charge in [0.15, 0.2) is 0 Å². The molecule has 39 heavy (non-hydrogen) atoms. The van der Waals surface area contributed by atoms with E-state index in [-0.39, 0.29) is 44.6 Å². The summed E-state index contributed by atoms with van der Waals surface area (Å²) in [6, 6.07) is 11.7.